The van der Waals surface area contributed by atoms with Gasteiger partial charge in [-0.15, -0.1) is 0 Å². The van der Waals surface area contributed by atoms with Crippen LogP contribution >= 0.6 is 0 Å². The third-order valence-corrected chi connectivity index (χ3v) is 10.7. The molecule has 11 nitrogen and oxygen atoms in total. The second kappa shape index (κ2) is 18.8. The predicted molar refractivity (Wildman–Crippen MR) is 213 cm³/mol. The summed E-state index contributed by atoms with van der Waals surface area (Å²) in [5.74, 6) is 1.89. The number of nitrogens with one attached hydrogen (secondary N) is 1. The molecular formula is C42H47F4N6O5Tl. The Morgan fingerprint density at radius 1 is 1.09 bits per heavy atom. The molecule has 16 heteroatoms. The van der Waals surface area contributed by atoms with E-state index in [9.17, 15) is 13.6 Å². The molecule has 0 atom stereocenters. The Balaban J connectivity index is 1.44. The van der Waals surface area contributed by atoms with Gasteiger partial charge in [0.2, 0.25) is 0 Å². The maximum atomic E-state index is 17.3. The van der Waals surface area contributed by atoms with Gasteiger partial charge in [0.1, 0.15) is 5.60 Å². The van der Waals surface area contributed by atoms with Crippen molar-refractivity contribution in [2.24, 2.45) is 5.41 Å². The van der Waals surface area contributed by atoms with Crippen LogP contribution in [-0.2, 0) is 9.47 Å². The molecule has 4 aromatic rings. The van der Waals surface area contributed by atoms with Gasteiger partial charge in [-0.3, -0.25) is 0 Å². The molecule has 1 saturated heterocycles. The van der Waals surface area contributed by atoms with Crippen LogP contribution in [0.15, 0.2) is 42.1 Å². The number of aromatic nitrogens is 3. The SMILES string of the molecule is CCCCCN(Nc1nc(OCC2(CN3CCC(=C(F)F)CC3)CC2)nc2c(F)c(-c3cc(OCOC)cc4ccc(F)c(C#[C][Tl])c34)ncc12)C(=O)OC(C)(C)C. The summed E-state index contributed by atoms with van der Waals surface area (Å²) in [7, 11) is 1.47. The van der Waals surface area contributed by atoms with Crippen LogP contribution in [0, 0.1) is 26.4 Å². The van der Waals surface area contributed by atoms with Crippen LogP contribution in [0.2, 0.25) is 0 Å². The third-order valence-electron chi connectivity index (χ3n) is 10.1. The van der Waals surface area contributed by atoms with Gasteiger partial charge in [-0.2, -0.15) is 8.78 Å². The molecule has 2 aliphatic rings. The first-order valence-electron chi connectivity index (χ1n) is 19.4. The van der Waals surface area contributed by atoms with Gasteiger partial charge in [-0.05, 0) is 58.4 Å². The molecule has 3 heterocycles. The number of hydrogen-bond donors (Lipinski definition) is 1. The summed E-state index contributed by atoms with van der Waals surface area (Å²) in [5, 5.41) is 2.35. The van der Waals surface area contributed by atoms with Crippen LogP contribution in [0.3, 0.4) is 0 Å². The summed E-state index contributed by atoms with van der Waals surface area (Å²) in [4.78, 5) is 29.5. The number of pyridine rings is 1. The monoisotopic (exact) mass is 996 g/mol. The Labute approximate surface area is 351 Å². The van der Waals surface area contributed by atoms with Crippen molar-refractivity contribution in [1.29, 1.82) is 0 Å². The van der Waals surface area contributed by atoms with Gasteiger partial charge in [-0.1, -0.05) is 19.8 Å². The molecule has 2 aromatic carbocycles. The number of fused-ring (bicyclic) bond motifs is 2. The van der Waals surface area contributed by atoms with Gasteiger partial charge in [0.25, 0.3) is 6.08 Å². The number of anilines is 1. The Kier molecular flexibility index (Phi) is 14.0. The van der Waals surface area contributed by atoms with Crippen LogP contribution in [-0.4, -0.2) is 109 Å². The zero-order valence-corrected chi connectivity index (χ0v) is 37.9. The molecule has 2 fully saturated rings. The van der Waals surface area contributed by atoms with Crippen molar-refractivity contribution in [3.8, 4) is 32.4 Å². The van der Waals surface area contributed by atoms with Gasteiger partial charge in [0.05, 0.1) is 0 Å². The molecule has 0 unspecified atom stereocenters. The molecule has 6 rings (SSSR count). The number of methoxy groups -OCH3 is 1. The number of piperidine rings is 1. The van der Waals surface area contributed by atoms with Crippen LogP contribution in [0.5, 0.6) is 11.8 Å². The maximum absolute atomic E-state index is 17.3. The zero-order chi connectivity index (χ0) is 41.6. The number of unbranched alkanes of at least 4 members (excludes halogenated alkanes) is 2. The number of rotatable bonds is 15. The van der Waals surface area contributed by atoms with E-state index < -0.39 is 29.4 Å². The normalized spacial score (nSPS) is 15.1. The Morgan fingerprint density at radius 3 is 2.50 bits per heavy atom. The van der Waals surface area contributed by atoms with Crippen LogP contribution in [0.4, 0.5) is 28.2 Å². The number of amides is 1. The fourth-order valence-electron chi connectivity index (χ4n) is 6.92. The Hall–Kier alpha value is -4.28. The summed E-state index contributed by atoms with van der Waals surface area (Å²) < 4.78 is 84.9. The van der Waals surface area contributed by atoms with Gasteiger partial charge in [-0.25, -0.2) is 4.79 Å². The van der Waals surface area contributed by atoms with Crippen LogP contribution in [0.1, 0.15) is 78.2 Å². The summed E-state index contributed by atoms with van der Waals surface area (Å²) >= 11 is 0.261. The molecule has 1 aliphatic carbocycles. The van der Waals surface area contributed by atoms with E-state index in [0.29, 0.717) is 55.4 Å². The smallest absolute Gasteiger partial charge is 0.429 e. The van der Waals surface area contributed by atoms with Crippen molar-refractivity contribution in [3.05, 3.63) is 59.3 Å². The first-order valence-corrected chi connectivity index (χ1v) is 21.6. The average Bonchev–Trinajstić information content (AvgIpc) is 3.95. The van der Waals surface area contributed by atoms with Gasteiger partial charge in [0.15, 0.2) is 0 Å². The number of ether oxygens (including phenoxy) is 4. The summed E-state index contributed by atoms with van der Waals surface area (Å²) in [5.41, 5.74) is 2.24. The van der Waals surface area contributed by atoms with Crippen LogP contribution < -0.4 is 14.9 Å². The second-order valence-corrected chi connectivity index (χ2v) is 16.9. The van der Waals surface area contributed by atoms with Crippen LogP contribution in [0.25, 0.3) is 32.9 Å². The minimum Gasteiger partial charge on any atom is -0.442 e. The molecule has 58 heavy (non-hydrogen) atoms. The molecular weight excluding hydrogens is 949 g/mol. The maximum Gasteiger partial charge on any atom is 0.429 e. The van der Waals surface area contributed by atoms with E-state index in [1.54, 1.807) is 39.0 Å². The summed E-state index contributed by atoms with van der Waals surface area (Å²) in [6, 6.07) is 5.99. The van der Waals surface area contributed by atoms with E-state index in [-0.39, 0.29) is 96.3 Å². The van der Waals surface area contributed by atoms with E-state index in [4.69, 9.17) is 18.9 Å². The van der Waals surface area contributed by atoms with E-state index >= 15 is 8.78 Å². The Morgan fingerprint density at radius 2 is 1.84 bits per heavy atom. The molecule has 1 N–H and O–H groups in total. The predicted octanol–water partition coefficient (Wildman–Crippen LogP) is 8.74. The fourth-order valence-corrected chi connectivity index (χ4v) is 7.48. The molecule has 1 amide bonds. The number of likely N-dealkylation sites (tertiary alicyclic amines) is 1. The topological polar surface area (TPSA) is 111 Å². The Bertz CT molecular complexity index is 2240. The number of carbonyl (C=O) groups excluding carboxylic acids is 1. The quantitative estimate of drug-likeness (QED) is 0.0310. The molecule has 1 aliphatic heterocycles. The zero-order valence-electron chi connectivity index (χ0n) is 33.4. The molecule has 0 radical (unpaired) electrons. The number of hydrazine groups is 1. The first kappa shape index (κ1) is 43.3. The largest absolute Gasteiger partial charge is 0.442 e. The molecule has 0 bridgehead atoms. The van der Waals surface area contributed by atoms with Crippen molar-refractivity contribution >= 4 is 59.4 Å². The van der Waals surface area contributed by atoms with Crippen molar-refractivity contribution in [3.63, 3.8) is 0 Å². The van der Waals surface area contributed by atoms with E-state index in [0.717, 1.165) is 25.7 Å². The van der Waals surface area contributed by atoms with E-state index in [1.165, 1.54) is 24.4 Å². The summed E-state index contributed by atoms with van der Waals surface area (Å²) in [6.45, 7) is 9.41. The third kappa shape index (κ3) is 10.5. The minimum absolute atomic E-state index is 0.0605. The number of carbonyl (C=O) groups is 1. The summed E-state index contributed by atoms with van der Waals surface area (Å²) in [6.07, 6.45) is 3.90. The fraction of sp³-hybridized carbons (Fsp3) is 0.476. The molecule has 2 aromatic heterocycles. The number of halogens is 4. The van der Waals surface area contributed by atoms with Crippen molar-refractivity contribution in [2.75, 3.05) is 52.1 Å². The molecule has 306 valence electrons. The molecule has 0 spiro atoms. The number of hydrogen-bond acceptors (Lipinski definition) is 10. The van der Waals surface area contributed by atoms with E-state index in [2.05, 4.69) is 34.7 Å². The van der Waals surface area contributed by atoms with Crippen molar-refractivity contribution < 1.29 is 41.3 Å². The number of nitrogens with zero attached hydrogens (tertiary/aromatic N) is 5. The van der Waals surface area contributed by atoms with E-state index in [1.807, 2.05) is 6.92 Å². The minimum atomic E-state index is -1.59. The first-order chi connectivity index (χ1) is 27.7. The van der Waals surface area contributed by atoms with Crippen molar-refractivity contribution in [1.82, 2.24) is 24.9 Å². The molecule has 1 saturated carbocycles. The number of benzene rings is 2. The standard InChI is InChI=1S/C42H47F4N6O5.Tl/c1-7-9-10-17-52(40(53)57-41(3,4)5)50-38-31-22-47-35(30-21-28(56-25-54-6)20-27-11-12-32(43)29(8-2)33(27)30)34(44)36(31)48-39(49-38)55-24-42(15-16-42)23-51-18-13-26(14-19-51)37(45)46;/h11-12,20-22H,7,9-10,13-19,23-25H2,1,3-6H3,(H,48,49,50);. The van der Waals surface area contributed by atoms with Gasteiger partial charge in [0, 0.05) is 31.6 Å². The van der Waals surface area contributed by atoms with Gasteiger partial charge >= 0.3 is 208 Å². The average molecular weight is 996 g/mol. The van der Waals surface area contributed by atoms with Crippen molar-refractivity contribution in [2.45, 2.75) is 78.2 Å². The second-order valence-electron chi connectivity index (χ2n) is 15.7. The van der Waals surface area contributed by atoms with Gasteiger partial charge < -0.3 is 9.64 Å².